The fourth-order valence-corrected chi connectivity index (χ4v) is 4.67. The van der Waals surface area contributed by atoms with Gasteiger partial charge in [0.2, 0.25) is 21.7 Å². The third kappa shape index (κ3) is 3.63. The Balaban J connectivity index is 1.45. The average Bonchev–Trinajstić information content (AvgIpc) is 3.19. The van der Waals surface area contributed by atoms with Gasteiger partial charge in [-0.2, -0.15) is 9.29 Å². The van der Waals surface area contributed by atoms with E-state index in [9.17, 15) is 12.8 Å². The van der Waals surface area contributed by atoms with Crippen molar-refractivity contribution in [1.82, 2.24) is 14.4 Å². The molecule has 0 radical (unpaired) electrons. The van der Waals surface area contributed by atoms with Gasteiger partial charge in [0.05, 0.1) is 4.90 Å². The largest absolute Gasteiger partial charge is 0.339 e. The lowest BCUT2D eigenvalue weighted by Crippen LogP contribution is -2.37. The third-order valence-electron chi connectivity index (χ3n) is 4.73. The van der Waals surface area contributed by atoms with Gasteiger partial charge in [-0.1, -0.05) is 35.5 Å². The van der Waals surface area contributed by atoms with Crippen LogP contribution >= 0.6 is 0 Å². The number of piperidine rings is 1. The summed E-state index contributed by atoms with van der Waals surface area (Å²) >= 11 is 0. The molecule has 0 aliphatic carbocycles. The van der Waals surface area contributed by atoms with Crippen molar-refractivity contribution in [2.24, 2.45) is 0 Å². The first-order chi connectivity index (χ1) is 13.0. The minimum absolute atomic E-state index is 0.0228. The van der Waals surface area contributed by atoms with E-state index in [0.29, 0.717) is 37.6 Å². The molecule has 0 saturated carbocycles. The summed E-state index contributed by atoms with van der Waals surface area (Å²) in [7, 11) is -3.62. The van der Waals surface area contributed by atoms with E-state index in [2.05, 4.69) is 10.1 Å². The van der Waals surface area contributed by atoms with Crippen LogP contribution in [-0.4, -0.2) is 36.0 Å². The third-order valence-corrected chi connectivity index (χ3v) is 6.64. The fourth-order valence-electron chi connectivity index (χ4n) is 3.20. The first kappa shape index (κ1) is 17.8. The quantitative estimate of drug-likeness (QED) is 0.685. The number of halogens is 1. The van der Waals surface area contributed by atoms with Crippen molar-refractivity contribution in [3.63, 3.8) is 0 Å². The molecule has 8 heteroatoms. The zero-order valence-corrected chi connectivity index (χ0v) is 15.3. The van der Waals surface area contributed by atoms with Crippen LogP contribution in [0.15, 0.2) is 64.0 Å². The monoisotopic (exact) mass is 387 g/mol. The Bertz CT molecular complexity index is 1010. The van der Waals surface area contributed by atoms with Gasteiger partial charge in [0.1, 0.15) is 5.82 Å². The fraction of sp³-hybridized carbons (Fsp3) is 0.263. The summed E-state index contributed by atoms with van der Waals surface area (Å²) < 4.78 is 45.2. The van der Waals surface area contributed by atoms with E-state index in [4.69, 9.17) is 4.52 Å². The standard InChI is InChI=1S/C19H18FN3O3S/c20-16-6-8-17(9-7-16)27(24,25)23-12-10-15(11-13-23)19-21-18(22-26-19)14-4-2-1-3-5-14/h1-9,15H,10-13H2. The van der Waals surface area contributed by atoms with Crippen LogP contribution in [0.3, 0.4) is 0 Å². The molecule has 0 spiro atoms. The van der Waals surface area contributed by atoms with Crippen LogP contribution in [0.1, 0.15) is 24.7 Å². The van der Waals surface area contributed by atoms with Gasteiger partial charge >= 0.3 is 0 Å². The first-order valence-electron chi connectivity index (χ1n) is 8.69. The molecule has 3 aromatic rings. The Labute approximate surface area is 156 Å². The molecule has 4 rings (SSSR count). The second-order valence-corrected chi connectivity index (χ2v) is 8.39. The number of nitrogens with zero attached hydrogens (tertiary/aromatic N) is 3. The lowest BCUT2D eigenvalue weighted by Gasteiger charge is -2.29. The van der Waals surface area contributed by atoms with Crippen molar-refractivity contribution in [2.75, 3.05) is 13.1 Å². The maximum Gasteiger partial charge on any atom is 0.243 e. The van der Waals surface area contributed by atoms with Gasteiger partial charge in [0.15, 0.2) is 0 Å². The van der Waals surface area contributed by atoms with Gasteiger partial charge in [-0.05, 0) is 37.1 Å². The van der Waals surface area contributed by atoms with Gasteiger partial charge in [0, 0.05) is 24.6 Å². The Hall–Kier alpha value is -2.58. The highest BCUT2D eigenvalue weighted by Gasteiger charge is 2.32. The molecule has 0 unspecified atom stereocenters. The molecule has 6 nitrogen and oxygen atoms in total. The van der Waals surface area contributed by atoms with Gasteiger partial charge < -0.3 is 4.52 Å². The molecule has 0 amide bonds. The highest BCUT2D eigenvalue weighted by atomic mass is 32.2. The molecular weight excluding hydrogens is 369 g/mol. The van der Waals surface area contributed by atoms with Gasteiger partial charge in [-0.15, -0.1) is 0 Å². The van der Waals surface area contributed by atoms with E-state index in [1.54, 1.807) is 0 Å². The van der Waals surface area contributed by atoms with Crippen molar-refractivity contribution in [2.45, 2.75) is 23.7 Å². The number of rotatable bonds is 4. The first-order valence-corrected chi connectivity index (χ1v) is 10.1. The summed E-state index contributed by atoms with van der Waals surface area (Å²) in [5.74, 6) is 0.632. The van der Waals surface area contributed by atoms with Gasteiger partial charge in [-0.25, -0.2) is 12.8 Å². The SMILES string of the molecule is O=S(=O)(c1ccc(F)cc1)N1CCC(c2nc(-c3ccccc3)no2)CC1. The summed E-state index contributed by atoms with van der Waals surface area (Å²) in [4.78, 5) is 4.58. The normalized spacial score (nSPS) is 16.5. The molecule has 0 atom stereocenters. The number of hydrogen-bond acceptors (Lipinski definition) is 5. The topological polar surface area (TPSA) is 76.3 Å². The molecular formula is C19H18FN3O3S. The van der Waals surface area contributed by atoms with Crippen LogP contribution in [0, 0.1) is 5.82 Å². The maximum atomic E-state index is 13.0. The number of hydrogen-bond donors (Lipinski definition) is 0. The highest BCUT2D eigenvalue weighted by molar-refractivity contribution is 7.89. The number of sulfonamides is 1. The van der Waals surface area contributed by atoms with Crippen LogP contribution in [0.2, 0.25) is 0 Å². The van der Waals surface area contributed by atoms with Crippen molar-refractivity contribution < 1.29 is 17.3 Å². The molecule has 1 aromatic heterocycles. The Morgan fingerprint density at radius 3 is 2.33 bits per heavy atom. The molecule has 1 aliphatic heterocycles. The molecule has 1 fully saturated rings. The van der Waals surface area contributed by atoms with Crippen LogP contribution in [0.5, 0.6) is 0 Å². The molecule has 1 saturated heterocycles. The van der Waals surface area contributed by atoms with Crippen LogP contribution < -0.4 is 0 Å². The minimum atomic E-state index is -3.62. The molecule has 27 heavy (non-hydrogen) atoms. The van der Waals surface area contributed by atoms with E-state index in [1.165, 1.54) is 16.4 Å². The van der Waals surface area contributed by atoms with Crippen molar-refractivity contribution in [1.29, 1.82) is 0 Å². The predicted molar refractivity (Wildman–Crippen MR) is 96.9 cm³/mol. The van der Waals surface area contributed by atoms with Crippen molar-refractivity contribution >= 4 is 10.0 Å². The maximum absolute atomic E-state index is 13.0. The van der Waals surface area contributed by atoms with Gasteiger partial charge in [0.25, 0.3) is 0 Å². The zero-order chi connectivity index (χ0) is 18.9. The number of benzene rings is 2. The Morgan fingerprint density at radius 2 is 1.67 bits per heavy atom. The molecule has 2 aromatic carbocycles. The van der Waals surface area contributed by atoms with E-state index < -0.39 is 15.8 Å². The van der Waals surface area contributed by atoms with Crippen LogP contribution in [-0.2, 0) is 10.0 Å². The molecule has 1 aliphatic rings. The van der Waals surface area contributed by atoms with E-state index in [-0.39, 0.29) is 10.8 Å². The Kier molecular flexibility index (Phi) is 4.75. The lowest BCUT2D eigenvalue weighted by atomic mass is 9.98. The van der Waals surface area contributed by atoms with Crippen molar-refractivity contribution in [3.05, 3.63) is 66.3 Å². The molecule has 140 valence electrons. The average molecular weight is 387 g/mol. The summed E-state index contributed by atoms with van der Waals surface area (Å²) in [6.07, 6.45) is 1.19. The summed E-state index contributed by atoms with van der Waals surface area (Å²) in [6, 6.07) is 14.4. The highest BCUT2D eigenvalue weighted by Crippen LogP contribution is 2.31. The molecule has 0 N–H and O–H groups in total. The number of aromatic nitrogens is 2. The van der Waals surface area contributed by atoms with Gasteiger partial charge in [-0.3, -0.25) is 0 Å². The van der Waals surface area contributed by atoms with Crippen LogP contribution in [0.25, 0.3) is 11.4 Å². The van der Waals surface area contributed by atoms with E-state index in [1.807, 2.05) is 30.3 Å². The summed E-state index contributed by atoms with van der Waals surface area (Å²) in [5, 5.41) is 4.03. The second kappa shape index (κ2) is 7.21. The van der Waals surface area contributed by atoms with Crippen molar-refractivity contribution in [3.8, 4) is 11.4 Å². The summed E-state index contributed by atoms with van der Waals surface area (Å²) in [5.41, 5.74) is 0.879. The molecule has 2 heterocycles. The summed E-state index contributed by atoms with van der Waals surface area (Å²) in [6.45, 7) is 0.709. The van der Waals surface area contributed by atoms with E-state index in [0.717, 1.165) is 17.7 Å². The lowest BCUT2D eigenvalue weighted by molar-refractivity contribution is 0.271. The smallest absolute Gasteiger partial charge is 0.243 e. The van der Waals surface area contributed by atoms with Crippen LogP contribution in [0.4, 0.5) is 4.39 Å². The molecule has 0 bridgehead atoms. The zero-order valence-electron chi connectivity index (χ0n) is 14.5. The minimum Gasteiger partial charge on any atom is -0.339 e. The Morgan fingerprint density at radius 1 is 1.00 bits per heavy atom. The van der Waals surface area contributed by atoms with E-state index >= 15 is 0 Å². The predicted octanol–water partition coefficient (Wildman–Crippen LogP) is 3.44. The second-order valence-electron chi connectivity index (χ2n) is 6.45.